The molecule has 0 unspecified atom stereocenters. The van der Waals surface area contributed by atoms with E-state index in [4.69, 9.17) is 25.8 Å². The van der Waals surface area contributed by atoms with Crippen molar-refractivity contribution in [3.05, 3.63) is 28.8 Å². The molecule has 6 heteroatoms. The molecule has 1 aliphatic heterocycles. The maximum absolute atomic E-state index is 12.9. The van der Waals surface area contributed by atoms with Crippen LogP contribution in [-0.4, -0.2) is 25.2 Å². The highest BCUT2D eigenvalue weighted by molar-refractivity contribution is 6.32. The van der Waals surface area contributed by atoms with Crippen LogP contribution in [0.1, 0.15) is 44.1 Å². The number of esters is 1. The number of hydrogen-bond donors (Lipinski definition) is 0. The normalized spacial score (nSPS) is 32.1. The zero-order valence-electron chi connectivity index (χ0n) is 15.6. The fourth-order valence-electron chi connectivity index (χ4n) is 6.04. The molecular weight excluding hydrogens is 380 g/mol. The number of halogens is 1. The Balaban J connectivity index is 1.19. The highest BCUT2D eigenvalue weighted by Crippen LogP contribution is 2.60. The lowest BCUT2D eigenvalue weighted by atomic mass is 9.48. The van der Waals surface area contributed by atoms with Crippen molar-refractivity contribution in [3.63, 3.8) is 0 Å². The molecule has 0 aromatic heterocycles. The first kappa shape index (κ1) is 18.0. The van der Waals surface area contributed by atoms with Gasteiger partial charge in [-0.3, -0.25) is 4.79 Å². The van der Waals surface area contributed by atoms with Crippen LogP contribution >= 0.6 is 11.6 Å². The fraction of sp³-hybridized carbons (Fsp3) is 0.545. The van der Waals surface area contributed by atoms with E-state index in [-0.39, 0.29) is 24.6 Å². The van der Waals surface area contributed by atoms with Gasteiger partial charge in [0.25, 0.3) is 0 Å². The number of ketones is 1. The van der Waals surface area contributed by atoms with Crippen LogP contribution in [0.3, 0.4) is 0 Å². The number of benzene rings is 1. The van der Waals surface area contributed by atoms with E-state index in [0.29, 0.717) is 39.8 Å². The monoisotopic (exact) mass is 402 g/mol. The second-order valence-corrected chi connectivity index (χ2v) is 9.21. The van der Waals surface area contributed by atoms with E-state index in [1.165, 1.54) is 25.3 Å². The van der Waals surface area contributed by atoms with Gasteiger partial charge >= 0.3 is 5.97 Å². The van der Waals surface area contributed by atoms with Gasteiger partial charge in [0.2, 0.25) is 6.79 Å². The first-order valence-corrected chi connectivity index (χ1v) is 10.4. The Bertz CT molecular complexity index is 823. The smallest absolute Gasteiger partial charge is 0.331 e. The van der Waals surface area contributed by atoms with Crippen molar-refractivity contribution in [2.75, 3.05) is 13.4 Å². The van der Waals surface area contributed by atoms with Gasteiger partial charge in [-0.15, -0.1) is 0 Å². The van der Waals surface area contributed by atoms with Crippen LogP contribution in [0, 0.1) is 23.2 Å². The van der Waals surface area contributed by atoms with Gasteiger partial charge in [-0.2, -0.15) is 0 Å². The quantitative estimate of drug-likeness (QED) is 0.539. The Morgan fingerprint density at radius 3 is 2.46 bits per heavy atom. The molecule has 0 N–H and O–H groups in total. The Morgan fingerprint density at radius 2 is 1.79 bits per heavy atom. The highest BCUT2D eigenvalue weighted by Gasteiger charge is 2.54. The maximum atomic E-state index is 12.9. The van der Waals surface area contributed by atoms with E-state index in [0.717, 1.165) is 19.3 Å². The minimum Gasteiger partial charge on any atom is -0.455 e. The molecule has 4 saturated carbocycles. The first-order chi connectivity index (χ1) is 13.5. The van der Waals surface area contributed by atoms with E-state index in [1.54, 1.807) is 18.2 Å². The lowest BCUT2D eigenvalue weighted by Crippen LogP contribution is -2.51. The van der Waals surface area contributed by atoms with Gasteiger partial charge in [-0.05, 0) is 80.1 Å². The van der Waals surface area contributed by atoms with E-state index < -0.39 is 5.97 Å². The Kier molecular flexibility index (Phi) is 4.38. The van der Waals surface area contributed by atoms with E-state index >= 15 is 0 Å². The van der Waals surface area contributed by atoms with Gasteiger partial charge in [0, 0.05) is 11.5 Å². The lowest BCUT2D eigenvalue weighted by molar-refractivity contribution is -0.155. The molecular formula is C22H23ClO5. The first-order valence-electron chi connectivity index (χ1n) is 9.98. The van der Waals surface area contributed by atoms with E-state index in [2.05, 4.69) is 0 Å². The van der Waals surface area contributed by atoms with Crippen LogP contribution in [0.5, 0.6) is 11.5 Å². The summed E-state index contributed by atoms with van der Waals surface area (Å²) in [7, 11) is 0. The summed E-state index contributed by atoms with van der Waals surface area (Å²) in [5.41, 5.74) is 0.475. The number of carbonyl (C=O) groups is 2. The molecule has 0 atom stereocenters. The lowest BCUT2D eigenvalue weighted by Gasteiger charge is -2.55. The van der Waals surface area contributed by atoms with Crippen LogP contribution < -0.4 is 9.47 Å². The molecule has 148 valence electrons. The molecule has 28 heavy (non-hydrogen) atoms. The number of fused-ring (bicyclic) bond motifs is 1. The van der Waals surface area contributed by atoms with Crippen molar-refractivity contribution in [2.45, 2.75) is 38.5 Å². The fourth-order valence-corrected chi connectivity index (χ4v) is 6.31. The van der Waals surface area contributed by atoms with Crippen molar-refractivity contribution < 1.29 is 23.8 Å². The minimum atomic E-state index is -0.521. The third-order valence-electron chi connectivity index (χ3n) is 6.84. The number of Topliss-reactive ketones (excluding diaryl/α,β-unsaturated/α-hetero) is 1. The Morgan fingerprint density at radius 1 is 1.11 bits per heavy atom. The predicted molar refractivity (Wildman–Crippen MR) is 103 cm³/mol. The molecule has 6 rings (SSSR count). The average molecular weight is 403 g/mol. The zero-order valence-corrected chi connectivity index (χ0v) is 16.4. The summed E-state index contributed by atoms with van der Waals surface area (Å²) in [4.78, 5) is 25.0. The molecule has 4 fully saturated rings. The summed E-state index contributed by atoms with van der Waals surface area (Å²) in [6.07, 6.45) is 9.74. The topological polar surface area (TPSA) is 61.8 Å². The van der Waals surface area contributed by atoms with Crippen LogP contribution in [0.2, 0.25) is 5.02 Å². The second kappa shape index (κ2) is 6.80. The SMILES string of the molecule is O=C(/C=C/c1cc(Cl)c2c(c1)OCO2)OCC(=O)C12CC3CC(CC(C3)C1)C2. The third kappa shape index (κ3) is 3.20. The average Bonchev–Trinajstić information content (AvgIpc) is 3.12. The molecule has 5 aliphatic rings. The Labute approximate surface area is 169 Å². The summed E-state index contributed by atoms with van der Waals surface area (Å²) >= 11 is 6.14. The summed E-state index contributed by atoms with van der Waals surface area (Å²) in [5.74, 6) is 2.75. The highest BCUT2D eigenvalue weighted by atomic mass is 35.5. The molecule has 4 bridgehead atoms. The molecule has 0 radical (unpaired) electrons. The van der Waals surface area contributed by atoms with Gasteiger partial charge < -0.3 is 14.2 Å². The molecule has 5 nitrogen and oxygen atoms in total. The molecule has 4 aliphatic carbocycles. The maximum Gasteiger partial charge on any atom is 0.331 e. The summed E-state index contributed by atoms with van der Waals surface area (Å²) < 4.78 is 15.9. The largest absolute Gasteiger partial charge is 0.455 e. The van der Waals surface area contributed by atoms with Gasteiger partial charge in [0.15, 0.2) is 23.9 Å². The number of carbonyl (C=O) groups excluding carboxylic acids is 2. The van der Waals surface area contributed by atoms with Crippen molar-refractivity contribution in [2.24, 2.45) is 23.2 Å². The van der Waals surface area contributed by atoms with Crippen molar-refractivity contribution in [3.8, 4) is 11.5 Å². The third-order valence-corrected chi connectivity index (χ3v) is 7.12. The summed E-state index contributed by atoms with van der Waals surface area (Å²) in [6, 6.07) is 3.44. The molecule has 1 aromatic carbocycles. The van der Waals surface area contributed by atoms with Gasteiger partial charge in [-0.25, -0.2) is 4.79 Å². The van der Waals surface area contributed by atoms with Crippen LogP contribution in [0.25, 0.3) is 6.08 Å². The standard InChI is InChI=1S/C22H23ClO5/c23-17-6-13(7-18-21(17)28-12-27-18)1-2-20(25)26-11-19(24)22-8-14-3-15(9-22)5-16(4-14)10-22/h1-2,6-7,14-16H,3-5,8-12H2/b2-1+. The van der Waals surface area contributed by atoms with Crippen LogP contribution in [0.15, 0.2) is 18.2 Å². The van der Waals surface area contributed by atoms with E-state index in [9.17, 15) is 9.59 Å². The minimum absolute atomic E-state index is 0.111. The van der Waals surface area contributed by atoms with Crippen molar-refractivity contribution >= 4 is 29.4 Å². The van der Waals surface area contributed by atoms with Crippen LogP contribution in [-0.2, 0) is 14.3 Å². The molecule has 1 aromatic rings. The van der Waals surface area contributed by atoms with Crippen LogP contribution in [0.4, 0.5) is 0 Å². The zero-order chi connectivity index (χ0) is 19.3. The Hall–Kier alpha value is -2.01. The number of ether oxygens (including phenoxy) is 3. The molecule has 1 heterocycles. The molecule has 0 amide bonds. The van der Waals surface area contributed by atoms with Gasteiger partial charge in [-0.1, -0.05) is 11.6 Å². The predicted octanol–water partition coefficient (Wildman–Crippen LogP) is 4.41. The van der Waals surface area contributed by atoms with Gasteiger partial charge in [0.1, 0.15) is 0 Å². The van der Waals surface area contributed by atoms with Crippen molar-refractivity contribution in [1.82, 2.24) is 0 Å². The van der Waals surface area contributed by atoms with E-state index in [1.807, 2.05) is 0 Å². The summed E-state index contributed by atoms with van der Waals surface area (Å²) in [5, 5.41) is 0.431. The number of rotatable bonds is 5. The molecule has 0 spiro atoms. The number of hydrogen-bond acceptors (Lipinski definition) is 5. The summed E-state index contributed by atoms with van der Waals surface area (Å²) in [6.45, 7) is 0.00786. The second-order valence-electron chi connectivity index (χ2n) is 8.80. The molecule has 0 saturated heterocycles. The van der Waals surface area contributed by atoms with Crippen molar-refractivity contribution in [1.29, 1.82) is 0 Å². The van der Waals surface area contributed by atoms with Gasteiger partial charge in [0.05, 0.1) is 5.02 Å².